The van der Waals surface area contributed by atoms with Gasteiger partial charge in [0, 0.05) is 20.8 Å². The lowest BCUT2D eigenvalue weighted by atomic mass is 9.48. The topological polar surface area (TPSA) is 73.2 Å². The van der Waals surface area contributed by atoms with Gasteiger partial charge in [0.25, 0.3) is 0 Å². The number of phenols is 1. The molecule has 4 aliphatic rings. The normalized spacial score (nSPS) is 45.8. The molecule has 128 valence electrons. The maximum Gasteiger partial charge on any atom is 0.165 e. The number of aromatic hydroxyl groups is 1. The summed E-state index contributed by atoms with van der Waals surface area (Å²) in [4.78, 5) is 1.40. The van der Waals surface area contributed by atoms with Crippen molar-refractivity contribution in [2.24, 2.45) is 0 Å². The average molecular weight is 334 g/mol. The van der Waals surface area contributed by atoms with Gasteiger partial charge in [0.2, 0.25) is 0 Å². The van der Waals surface area contributed by atoms with Gasteiger partial charge in [-0.05, 0) is 43.9 Å². The number of hydrogen-bond acceptors (Lipinski definition) is 5. The number of ether oxygens (including phenoxy) is 1. The highest BCUT2D eigenvalue weighted by Crippen LogP contribution is 2.65. The van der Waals surface area contributed by atoms with E-state index in [2.05, 4.69) is 0 Å². The minimum Gasteiger partial charge on any atom is -0.504 e. The van der Waals surface area contributed by atoms with E-state index >= 15 is 0 Å². The fraction of sp³-hybridized carbons (Fsp3) is 0.579. The number of likely N-dealkylation sites (tertiary alicyclic amines) is 1. The second-order valence-electron chi connectivity index (χ2n) is 7.39. The van der Waals surface area contributed by atoms with E-state index < -0.39 is 48.3 Å². The molecule has 0 amide bonds. The van der Waals surface area contributed by atoms with Gasteiger partial charge >= 0.3 is 0 Å². The minimum atomic E-state index is -2.39. The number of phenolic OH excluding ortho intramolecular Hbond substituents is 1. The highest BCUT2D eigenvalue weighted by atomic mass is 16.5. The highest BCUT2D eigenvalue weighted by molar-refractivity contribution is 5.62. The van der Waals surface area contributed by atoms with Crippen LogP contribution >= 0.6 is 0 Å². The van der Waals surface area contributed by atoms with Gasteiger partial charge in [0.1, 0.15) is 6.10 Å². The van der Waals surface area contributed by atoms with Crippen LogP contribution < -0.4 is 4.74 Å². The lowest BCUT2D eigenvalue weighted by Gasteiger charge is -2.63. The van der Waals surface area contributed by atoms with Crippen LogP contribution in [0, 0.1) is 0 Å². The second-order valence-corrected chi connectivity index (χ2v) is 7.39. The summed E-state index contributed by atoms with van der Waals surface area (Å²) in [6, 6.07) is 1.79. The van der Waals surface area contributed by atoms with Crippen molar-refractivity contribution >= 4 is 0 Å². The molecule has 1 spiro atoms. The first-order chi connectivity index (χ1) is 13.6. The average Bonchev–Trinajstić information content (AvgIpc) is 3.01. The first kappa shape index (κ1) is 10.4. The zero-order valence-corrected chi connectivity index (χ0v) is 13.1. The molecule has 2 heterocycles. The summed E-state index contributed by atoms with van der Waals surface area (Å²) in [6.07, 6.45) is -0.517. The van der Waals surface area contributed by atoms with Gasteiger partial charge in [-0.15, -0.1) is 6.53 Å². The molecule has 5 heteroatoms. The number of aliphatic hydroxyl groups excluding tert-OH is 1. The Labute approximate surface area is 148 Å². The molecule has 0 unspecified atom stereocenters. The van der Waals surface area contributed by atoms with E-state index in [4.69, 9.17) is 11.6 Å². The Balaban J connectivity index is 1.73. The van der Waals surface area contributed by atoms with E-state index in [1.54, 1.807) is 6.07 Å². The monoisotopic (exact) mass is 334 g/mol. The Kier molecular flexibility index (Phi) is 1.97. The third-order valence-corrected chi connectivity index (χ3v) is 6.63. The van der Waals surface area contributed by atoms with Crippen LogP contribution in [0.5, 0.6) is 11.5 Å². The van der Waals surface area contributed by atoms with Gasteiger partial charge in [-0.1, -0.05) is 12.1 Å². The van der Waals surface area contributed by atoms with Crippen LogP contribution in [0.15, 0.2) is 24.7 Å². The molecule has 2 fully saturated rings. The molecule has 0 aromatic heterocycles. The van der Waals surface area contributed by atoms with E-state index in [1.807, 2.05) is 0 Å². The Bertz CT molecular complexity index is 935. The predicted molar refractivity (Wildman–Crippen MR) is 88.3 cm³/mol. The summed E-state index contributed by atoms with van der Waals surface area (Å²) in [7, 11) is 0. The number of benzene rings is 1. The number of rotatable bonds is 2. The van der Waals surface area contributed by atoms with E-state index in [-0.39, 0.29) is 38.0 Å². The molecular weight excluding hydrogens is 306 g/mol. The van der Waals surface area contributed by atoms with Gasteiger partial charge in [0.05, 0.1) is 21.2 Å². The summed E-state index contributed by atoms with van der Waals surface area (Å²) in [5, 5.41) is 33.1. The molecule has 5 atom stereocenters. The van der Waals surface area contributed by atoms with Gasteiger partial charge in [-0.3, -0.25) is 4.90 Å². The molecule has 3 N–H and O–H groups in total. The SMILES string of the molecule is [2H]C([2H])=C([2H])C([2H])([2H])N1CC[C@]23c4c5ccc(O)c4O[C@H]2[C@H](O)CC[C@]3(O)[C@H]1C5. The number of piperidine rings is 1. The van der Waals surface area contributed by atoms with E-state index in [0.29, 0.717) is 11.3 Å². The lowest BCUT2D eigenvalue weighted by Crippen LogP contribution is -2.77. The van der Waals surface area contributed by atoms with Crippen molar-refractivity contribution in [2.45, 2.75) is 54.9 Å². The maximum absolute atomic E-state index is 12.0. The number of hydrogen-bond donors (Lipinski definition) is 3. The Morgan fingerprint density at radius 2 is 2.42 bits per heavy atom. The van der Waals surface area contributed by atoms with Crippen molar-refractivity contribution in [2.75, 3.05) is 13.0 Å². The van der Waals surface area contributed by atoms with Crippen molar-refractivity contribution in [1.29, 1.82) is 0 Å². The first-order valence-corrected chi connectivity index (χ1v) is 8.39. The summed E-state index contributed by atoms with van der Waals surface area (Å²) in [5.74, 6) is 0.255. The molecule has 5 nitrogen and oxygen atoms in total. The molecule has 1 saturated heterocycles. The number of nitrogens with zero attached hydrogens (tertiary/aromatic N) is 1. The van der Waals surface area contributed by atoms with Crippen LogP contribution in [0.4, 0.5) is 0 Å². The van der Waals surface area contributed by atoms with Gasteiger partial charge in [0.15, 0.2) is 11.5 Å². The Morgan fingerprint density at radius 1 is 1.54 bits per heavy atom. The highest BCUT2D eigenvalue weighted by Gasteiger charge is 2.72. The molecule has 2 aliphatic heterocycles. The smallest absolute Gasteiger partial charge is 0.165 e. The second kappa shape index (κ2) is 4.54. The summed E-state index contributed by atoms with van der Waals surface area (Å²) < 4.78 is 45.7. The molecule has 0 radical (unpaired) electrons. The molecule has 5 rings (SSSR count). The molecule has 2 bridgehead atoms. The van der Waals surface area contributed by atoms with E-state index in [1.165, 1.54) is 11.0 Å². The Morgan fingerprint density at radius 3 is 3.25 bits per heavy atom. The van der Waals surface area contributed by atoms with Crippen LogP contribution in [0.1, 0.15) is 37.2 Å². The van der Waals surface area contributed by atoms with Crippen LogP contribution in [0.3, 0.4) is 0 Å². The van der Waals surface area contributed by atoms with E-state index in [0.717, 1.165) is 5.56 Å². The van der Waals surface area contributed by atoms with Gasteiger partial charge in [-0.25, -0.2) is 0 Å². The van der Waals surface area contributed by atoms with Crippen molar-refractivity contribution < 1.29 is 26.9 Å². The molecule has 1 aromatic carbocycles. The van der Waals surface area contributed by atoms with Crippen LogP contribution in [-0.2, 0) is 11.8 Å². The van der Waals surface area contributed by atoms with Crippen molar-refractivity contribution in [1.82, 2.24) is 4.90 Å². The van der Waals surface area contributed by atoms with Crippen LogP contribution in [0.2, 0.25) is 0 Å². The minimum absolute atomic E-state index is 0.0392. The van der Waals surface area contributed by atoms with Crippen molar-refractivity contribution in [3.63, 3.8) is 0 Å². The molecule has 2 aliphatic carbocycles. The maximum atomic E-state index is 12.0. The quantitative estimate of drug-likeness (QED) is 0.706. The summed E-state index contributed by atoms with van der Waals surface area (Å²) in [6.45, 7) is -3.12. The van der Waals surface area contributed by atoms with Crippen molar-refractivity contribution in [3.8, 4) is 11.5 Å². The standard InChI is InChI=1S/C19H23NO4/c1-2-8-20-9-7-18-15-11-3-4-12(21)16(15)24-17(18)13(22)5-6-19(18,23)14(20)10-11/h2-4,13-14,17,21-23H,1,5-10H2/t13-,14-,17+,18+,19+/m1/s1/i1D2,2D,8D2. The molecule has 24 heavy (non-hydrogen) atoms. The Hall–Kier alpha value is -1.56. The third kappa shape index (κ3) is 1.43. The summed E-state index contributed by atoms with van der Waals surface area (Å²) in [5.41, 5.74) is -0.875. The van der Waals surface area contributed by atoms with Crippen LogP contribution in [0.25, 0.3) is 0 Å². The molecule has 1 saturated carbocycles. The summed E-state index contributed by atoms with van der Waals surface area (Å²) >= 11 is 0. The molecule has 1 aromatic rings. The van der Waals surface area contributed by atoms with Gasteiger partial charge < -0.3 is 20.1 Å². The zero-order valence-electron chi connectivity index (χ0n) is 18.1. The van der Waals surface area contributed by atoms with Gasteiger partial charge in [-0.2, -0.15) is 0 Å². The molecular formula is C19H23NO4. The fourth-order valence-electron chi connectivity index (χ4n) is 5.72. The fourth-order valence-corrected chi connectivity index (χ4v) is 5.72. The van der Waals surface area contributed by atoms with E-state index in [9.17, 15) is 15.3 Å². The third-order valence-electron chi connectivity index (χ3n) is 6.63. The lowest BCUT2D eigenvalue weighted by molar-refractivity contribution is -0.206. The van der Waals surface area contributed by atoms with Crippen LogP contribution in [-0.4, -0.2) is 57.1 Å². The zero-order chi connectivity index (χ0) is 20.9. The first-order valence-electron chi connectivity index (χ1n) is 10.9. The largest absolute Gasteiger partial charge is 0.504 e. The predicted octanol–water partition coefficient (Wildman–Crippen LogP) is 1.09. The number of aliphatic hydroxyl groups is 2. The van der Waals surface area contributed by atoms with Crippen molar-refractivity contribution in [3.05, 3.63) is 35.8 Å².